The van der Waals surface area contributed by atoms with Crippen molar-refractivity contribution in [1.29, 1.82) is 0 Å². The first kappa shape index (κ1) is 18.9. The molecule has 0 saturated carbocycles. The van der Waals surface area contributed by atoms with Gasteiger partial charge in [0.2, 0.25) is 5.91 Å². The van der Waals surface area contributed by atoms with E-state index >= 15 is 0 Å². The van der Waals surface area contributed by atoms with Crippen molar-refractivity contribution in [3.05, 3.63) is 57.6 Å². The maximum atomic E-state index is 11.6. The van der Waals surface area contributed by atoms with Crippen molar-refractivity contribution in [3.63, 3.8) is 0 Å². The topological polar surface area (TPSA) is 53.5 Å². The number of hydrogen-bond donors (Lipinski definition) is 2. The van der Waals surface area contributed by atoms with Gasteiger partial charge in [0, 0.05) is 28.9 Å². The summed E-state index contributed by atoms with van der Waals surface area (Å²) in [5, 5.41) is 6.54. The Bertz CT molecular complexity index is 1110. The van der Waals surface area contributed by atoms with Crippen LogP contribution < -0.4 is 15.3 Å². The van der Waals surface area contributed by atoms with Crippen LogP contribution in [0.1, 0.15) is 37.6 Å². The first-order valence-electron chi connectivity index (χ1n) is 9.35. The van der Waals surface area contributed by atoms with E-state index in [0.29, 0.717) is 6.42 Å². The number of carbonyl (C=O) groups excluding carboxylic acids is 1. The van der Waals surface area contributed by atoms with Gasteiger partial charge in [0.05, 0.1) is 16.1 Å². The predicted octanol–water partition coefficient (Wildman–Crippen LogP) is 6.03. The van der Waals surface area contributed by atoms with Gasteiger partial charge in [-0.1, -0.05) is 39.2 Å². The maximum Gasteiger partial charge on any atom is 0.224 e. The molecule has 1 aromatic heterocycles. The third-order valence-corrected chi connectivity index (χ3v) is 7.45. The summed E-state index contributed by atoms with van der Waals surface area (Å²) in [6.07, 6.45) is 0.470. The van der Waals surface area contributed by atoms with E-state index in [0.717, 1.165) is 21.7 Å². The molecule has 2 heterocycles. The van der Waals surface area contributed by atoms with Crippen LogP contribution in [-0.4, -0.2) is 5.91 Å². The Morgan fingerprint density at radius 2 is 1.89 bits per heavy atom. The number of rotatable bonds is 3. The fourth-order valence-corrected chi connectivity index (χ4v) is 6.28. The smallest absolute Gasteiger partial charge is 0.224 e. The van der Waals surface area contributed by atoms with Crippen molar-refractivity contribution in [1.82, 2.24) is 0 Å². The minimum absolute atomic E-state index is 0.0144. The van der Waals surface area contributed by atoms with E-state index in [1.807, 2.05) is 31.2 Å². The summed E-state index contributed by atoms with van der Waals surface area (Å²) in [6.45, 7) is 8.39. The maximum absolute atomic E-state index is 11.6. The molecule has 2 aromatic carbocycles. The highest BCUT2D eigenvalue weighted by atomic mass is 32.9. The lowest BCUT2D eigenvalue weighted by atomic mass is 9.89. The Morgan fingerprint density at radius 1 is 1.14 bits per heavy atom. The summed E-state index contributed by atoms with van der Waals surface area (Å²) < 4.78 is 1.03. The molecule has 0 bridgehead atoms. The average molecular weight is 410 g/mol. The largest absolute Gasteiger partial charge is 0.375 e. The van der Waals surface area contributed by atoms with Gasteiger partial charge in [0.25, 0.3) is 0 Å². The van der Waals surface area contributed by atoms with E-state index in [1.165, 1.54) is 21.6 Å². The monoisotopic (exact) mass is 409 g/mol. The zero-order valence-electron chi connectivity index (χ0n) is 16.4. The van der Waals surface area contributed by atoms with E-state index in [2.05, 4.69) is 49.6 Å². The van der Waals surface area contributed by atoms with Crippen molar-refractivity contribution in [2.75, 3.05) is 10.6 Å². The van der Waals surface area contributed by atoms with Crippen molar-refractivity contribution in [2.45, 2.75) is 39.7 Å². The van der Waals surface area contributed by atoms with Gasteiger partial charge in [0.1, 0.15) is 4.67 Å². The van der Waals surface area contributed by atoms with Crippen molar-refractivity contribution in [3.8, 4) is 11.1 Å². The zero-order chi connectivity index (χ0) is 19.9. The van der Waals surface area contributed by atoms with Crippen LogP contribution in [0.5, 0.6) is 0 Å². The quantitative estimate of drug-likeness (QED) is 0.519. The Kier molecular flexibility index (Phi) is 4.85. The summed E-state index contributed by atoms with van der Waals surface area (Å²) in [4.78, 5) is 17.8. The van der Waals surface area contributed by atoms with E-state index < -0.39 is 0 Å². The first-order valence-corrected chi connectivity index (χ1v) is 11.5. The number of fused-ring (bicyclic) bond motifs is 3. The fraction of sp³-hybridized carbons (Fsp3) is 0.273. The van der Waals surface area contributed by atoms with Crippen LogP contribution in [0.2, 0.25) is 0 Å². The molecule has 0 atom stereocenters. The van der Waals surface area contributed by atoms with Gasteiger partial charge in [-0.15, -0.1) is 0 Å². The molecule has 4 rings (SSSR count). The summed E-state index contributed by atoms with van der Waals surface area (Å²) >= 11 is 0. The van der Waals surface area contributed by atoms with Crippen LogP contribution in [0.15, 0.2) is 47.5 Å². The van der Waals surface area contributed by atoms with Gasteiger partial charge < -0.3 is 10.6 Å². The minimum atomic E-state index is -0.124. The van der Waals surface area contributed by atoms with Crippen molar-refractivity contribution in [2.24, 2.45) is 4.99 Å². The molecule has 0 saturated heterocycles. The van der Waals surface area contributed by atoms with Gasteiger partial charge >= 0.3 is 0 Å². The lowest BCUT2D eigenvalue weighted by molar-refractivity contribution is -0.115. The summed E-state index contributed by atoms with van der Waals surface area (Å²) in [7, 11) is 3.51. The first-order chi connectivity index (χ1) is 13.4. The molecule has 6 heteroatoms. The molecule has 0 aliphatic carbocycles. The molecule has 3 aromatic rings. The molecule has 4 nitrogen and oxygen atoms in total. The Labute approximate surface area is 172 Å². The summed E-state index contributed by atoms with van der Waals surface area (Å²) in [5.41, 5.74) is 6.41. The average Bonchev–Trinajstić information content (AvgIpc) is 3.09. The number of anilines is 2. The number of nitrogens with zero attached hydrogens (tertiary/aromatic N) is 1. The molecule has 2 N–H and O–H groups in total. The molecule has 1 amide bonds. The van der Waals surface area contributed by atoms with E-state index in [-0.39, 0.29) is 11.4 Å². The molecule has 0 radical (unpaired) electrons. The van der Waals surface area contributed by atoms with Crippen LogP contribution in [0.3, 0.4) is 0 Å². The van der Waals surface area contributed by atoms with Crippen molar-refractivity contribution >= 4 is 43.7 Å². The minimum Gasteiger partial charge on any atom is -0.375 e. The highest BCUT2D eigenvalue weighted by Crippen LogP contribution is 2.45. The lowest BCUT2D eigenvalue weighted by Gasteiger charge is -2.33. The Morgan fingerprint density at radius 3 is 2.61 bits per heavy atom. The van der Waals surface area contributed by atoms with E-state index in [1.54, 1.807) is 20.7 Å². The molecule has 0 spiro atoms. The van der Waals surface area contributed by atoms with Gasteiger partial charge in [-0.2, -0.15) is 0 Å². The third kappa shape index (κ3) is 3.50. The van der Waals surface area contributed by atoms with Crippen LogP contribution in [-0.2, 0) is 10.3 Å². The summed E-state index contributed by atoms with van der Waals surface area (Å²) in [5.74, 6) is 0.0144. The van der Waals surface area contributed by atoms with Crippen LogP contribution in [0.25, 0.3) is 11.1 Å². The van der Waals surface area contributed by atoms with E-state index in [4.69, 9.17) is 4.99 Å². The van der Waals surface area contributed by atoms with Crippen molar-refractivity contribution < 1.29 is 4.79 Å². The van der Waals surface area contributed by atoms with E-state index in [9.17, 15) is 4.79 Å². The standard InChI is InChI=1S/C22H23N3OS2/c1-5-18(26)23-14-7-9-15(10-8-14)24-21-19-16-12-13(2)6-11-17(16)25-22(3,4)20(19)27-28-21/h6-12,25H,5H2,1-4H3,(H,23,26). The molecular weight excluding hydrogens is 386 g/mol. The molecule has 144 valence electrons. The number of hydrogen-bond acceptors (Lipinski definition) is 5. The molecule has 1 aliphatic rings. The number of amides is 1. The van der Waals surface area contributed by atoms with Gasteiger partial charge in [-0.25, -0.2) is 4.99 Å². The second kappa shape index (κ2) is 7.18. The van der Waals surface area contributed by atoms with Gasteiger partial charge in [-0.3, -0.25) is 4.79 Å². The second-order valence-corrected chi connectivity index (χ2v) is 9.66. The highest BCUT2D eigenvalue weighted by molar-refractivity contribution is 7.68. The summed E-state index contributed by atoms with van der Waals surface area (Å²) in [6, 6.07) is 14.2. The zero-order valence-corrected chi connectivity index (χ0v) is 18.1. The molecule has 1 aliphatic heterocycles. The SMILES string of the molecule is CCC(=O)Nc1ccc(N=c2ssc3c2-c2cc(C)ccc2NC3(C)C)cc1. The number of carbonyl (C=O) groups is 1. The fourth-order valence-electron chi connectivity index (χ4n) is 3.34. The molecule has 28 heavy (non-hydrogen) atoms. The van der Waals surface area contributed by atoms with Crippen LogP contribution in [0, 0.1) is 6.92 Å². The van der Waals surface area contributed by atoms with Crippen LogP contribution in [0.4, 0.5) is 17.1 Å². The molecule has 0 unspecified atom stereocenters. The predicted molar refractivity (Wildman–Crippen MR) is 120 cm³/mol. The number of nitrogens with one attached hydrogen (secondary N) is 2. The Balaban J connectivity index is 1.79. The highest BCUT2D eigenvalue weighted by Gasteiger charge is 2.33. The Hall–Kier alpha value is -2.44. The van der Waals surface area contributed by atoms with Gasteiger partial charge in [-0.05, 0) is 57.2 Å². The van der Waals surface area contributed by atoms with Crippen LogP contribution >= 0.6 is 20.7 Å². The van der Waals surface area contributed by atoms with Gasteiger partial charge in [0.15, 0.2) is 0 Å². The normalized spacial score (nSPS) is 14.8. The second-order valence-electron chi connectivity index (χ2n) is 7.54. The molecular formula is C22H23N3OS2. The third-order valence-electron chi connectivity index (χ3n) is 4.81. The number of benzene rings is 2. The lowest BCUT2D eigenvalue weighted by Crippen LogP contribution is -2.31. The number of aryl methyl sites for hydroxylation is 1. The molecule has 0 fully saturated rings.